The molecular weight excluding hydrogens is 538 g/mol. The van der Waals surface area contributed by atoms with Gasteiger partial charge in [-0.2, -0.15) is 0 Å². The van der Waals surface area contributed by atoms with E-state index in [1.54, 1.807) is 17.0 Å². The van der Waals surface area contributed by atoms with E-state index in [0.717, 1.165) is 22.0 Å². The molecule has 3 aromatic carbocycles. The average Bonchev–Trinajstić information content (AvgIpc) is 3.46. The fourth-order valence-electron chi connectivity index (χ4n) is 4.71. The minimum Gasteiger partial charge on any atom is -0.490 e. The number of carbonyl (C=O) groups excluding carboxylic acids is 3. The summed E-state index contributed by atoms with van der Waals surface area (Å²) in [7, 11) is 0. The van der Waals surface area contributed by atoms with Crippen LogP contribution in [0.3, 0.4) is 0 Å². The predicted molar refractivity (Wildman–Crippen MR) is 153 cm³/mol. The summed E-state index contributed by atoms with van der Waals surface area (Å²) in [6.45, 7) is 3.55. The molecule has 5 rings (SSSR count). The third-order valence-corrected chi connectivity index (χ3v) is 6.58. The second-order valence-electron chi connectivity index (χ2n) is 9.70. The molecule has 0 unspecified atom stereocenters. The highest BCUT2D eigenvalue weighted by atomic mass is 16.6. The Morgan fingerprint density at radius 1 is 0.881 bits per heavy atom. The first-order chi connectivity index (χ1) is 20.3. The molecule has 0 bridgehead atoms. The molecule has 10 heteroatoms. The number of rotatable bonds is 8. The molecule has 4 aromatic rings. The van der Waals surface area contributed by atoms with Crippen LogP contribution in [0.15, 0.2) is 96.9 Å². The number of fused-ring (bicyclic) bond motifs is 1. The van der Waals surface area contributed by atoms with Crippen LogP contribution in [0.4, 0.5) is 0 Å². The van der Waals surface area contributed by atoms with Crippen LogP contribution in [-0.2, 0) is 33.3 Å². The van der Waals surface area contributed by atoms with Crippen molar-refractivity contribution in [1.29, 1.82) is 0 Å². The Morgan fingerprint density at radius 3 is 2.31 bits per heavy atom. The zero-order chi connectivity index (χ0) is 29.6. The molecule has 1 aliphatic heterocycles. The van der Waals surface area contributed by atoms with E-state index in [9.17, 15) is 14.4 Å². The molecule has 0 fully saturated rings. The van der Waals surface area contributed by atoms with Gasteiger partial charge in [0, 0.05) is 31.9 Å². The summed E-state index contributed by atoms with van der Waals surface area (Å²) >= 11 is 0. The Balaban J connectivity index is 1.57. The molecule has 0 saturated carbocycles. The van der Waals surface area contributed by atoms with E-state index in [2.05, 4.69) is 10.3 Å². The molecule has 0 saturated heterocycles. The summed E-state index contributed by atoms with van der Waals surface area (Å²) in [5.74, 6) is -1.73. The van der Waals surface area contributed by atoms with Crippen molar-refractivity contribution in [1.82, 2.24) is 15.0 Å². The van der Waals surface area contributed by atoms with Crippen molar-refractivity contribution in [2.45, 2.75) is 39.1 Å². The van der Waals surface area contributed by atoms with E-state index in [-0.39, 0.29) is 6.61 Å². The molecule has 2 heterocycles. The number of nitrogens with zero attached hydrogens (tertiary/aromatic N) is 3. The summed E-state index contributed by atoms with van der Waals surface area (Å²) in [5, 5.41) is 11.0. The van der Waals surface area contributed by atoms with Crippen LogP contribution in [-0.4, -0.2) is 57.8 Å². The lowest BCUT2D eigenvalue weighted by atomic mass is 9.93. The van der Waals surface area contributed by atoms with Crippen LogP contribution >= 0.6 is 0 Å². The molecule has 214 valence electrons. The molecule has 0 N–H and O–H groups in total. The normalized spacial score (nSPS) is 18.5. The van der Waals surface area contributed by atoms with E-state index in [4.69, 9.17) is 18.9 Å². The maximum absolute atomic E-state index is 12.2. The summed E-state index contributed by atoms with van der Waals surface area (Å²) in [6.07, 6.45) is 1.96. The first-order valence-corrected chi connectivity index (χ1v) is 13.3. The van der Waals surface area contributed by atoms with Gasteiger partial charge in [0.1, 0.15) is 12.3 Å². The first kappa shape index (κ1) is 28.3. The number of benzene rings is 3. The summed E-state index contributed by atoms with van der Waals surface area (Å²) < 4.78 is 23.8. The van der Waals surface area contributed by atoms with Crippen LogP contribution in [0.1, 0.15) is 32.0 Å². The quantitative estimate of drug-likeness (QED) is 0.223. The number of carbonyl (C=O) groups is 3. The van der Waals surface area contributed by atoms with Crippen molar-refractivity contribution in [3.05, 3.63) is 108 Å². The highest BCUT2D eigenvalue weighted by Crippen LogP contribution is 2.31. The number of hydrogen-bond acceptors (Lipinski definition) is 9. The third-order valence-electron chi connectivity index (χ3n) is 6.58. The molecule has 0 amide bonds. The minimum absolute atomic E-state index is 0.204. The van der Waals surface area contributed by atoms with Crippen molar-refractivity contribution in [2.75, 3.05) is 6.61 Å². The van der Waals surface area contributed by atoms with Gasteiger partial charge in [0.05, 0.1) is 18.1 Å². The number of aromatic nitrogens is 3. The topological polar surface area (TPSA) is 119 Å². The van der Waals surface area contributed by atoms with Crippen LogP contribution in [0, 0.1) is 0 Å². The number of esters is 3. The summed E-state index contributed by atoms with van der Waals surface area (Å²) in [6, 6.07) is 23.6. The van der Waals surface area contributed by atoms with Gasteiger partial charge in [-0.25, -0.2) is 4.68 Å². The Bertz CT molecular complexity index is 1680. The van der Waals surface area contributed by atoms with Gasteiger partial charge in [-0.1, -0.05) is 65.9 Å². The molecule has 1 aromatic heterocycles. The average molecular weight is 568 g/mol. The zero-order valence-electron chi connectivity index (χ0n) is 23.3. The lowest BCUT2D eigenvalue weighted by molar-refractivity contribution is -0.180. The predicted octanol–water partition coefficient (Wildman–Crippen LogP) is 4.56. The molecule has 10 nitrogen and oxygen atoms in total. The fourth-order valence-corrected chi connectivity index (χ4v) is 4.71. The molecule has 0 aliphatic carbocycles. The van der Waals surface area contributed by atoms with Crippen LogP contribution in [0.5, 0.6) is 0 Å². The molecular formula is C32H29N3O7. The maximum Gasteiger partial charge on any atom is 0.303 e. The Labute approximate surface area is 242 Å². The van der Waals surface area contributed by atoms with Gasteiger partial charge in [0.25, 0.3) is 0 Å². The van der Waals surface area contributed by atoms with Gasteiger partial charge < -0.3 is 18.9 Å². The molecule has 0 radical (unpaired) electrons. The number of hydrogen-bond donors (Lipinski definition) is 0. The molecule has 42 heavy (non-hydrogen) atoms. The Hall–Kier alpha value is -5.25. The maximum atomic E-state index is 12.2. The summed E-state index contributed by atoms with van der Waals surface area (Å²) in [4.78, 5) is 35.7. The van der Waals surface area contributed by atoms with Gasteiger partial charge in [0.15, 0.2) is 18.3 Å². The Morgan fingerprint density at radius 2 is 1.60 bits per heavy atom. The Kier molecular flexibility index (Phi) is 8.42. The van der Waals surface area contributed by atoms with Crippen molar-refractivity contribution < 1.29 is 33.3 Å². The minimum atomic E-state index is -1.08. The monoisotopic (exact) mass is 567 g/mol. The van der Waals surface area contributed by atoms with Crippen molar-refractivity contribution >= 4 is 34.3 Å². The first-order valence-electron chi connectivity index (χ1n) is 13.3. The zero-order valence-corrected chi connectivity index (χ0v) is 23.3. The van der Waals surface area contributed by atoms with Crippen LogP contribution in [0.2, 0.25) is 0 Å². The van der Waals surface area contributed by atoms with E-state index < -0.39 is 36.2 Å². The van der Waals surface area contributed by atoms with Gasteiger partial charge in [0.2, 0.25) is 0 Å². The van der Waals surface area contributed by atoms with Crippen molar-refractivity contribution in [3.63, 3.8) is 0 Å². The second-order valence-corrected chi connectivity index (χ2v) is 9.70. The van der Waals surface area contributed by atoms with E-state index in [1.165, 1.54) is 27.0 Å². The standard InChI is InChI=1S/C32H29N3O7/c1-20(36)39-19-30-32(42-22(3)38)31(41-21(2)37)26(18-40-30)16-28(24-10-5-4-6-11-24)29-17-35(34-33-29)27-14-13-23-9-7-8-12-25(23)15-27/h4-18,30-32H,19H2,1-3H3/b28-16+/t30-,31-,32-/m1/s1. The van der Waals surface area contributed by atoms with Gasteiger partial charge >= 0.3 is 17.9 Å². The third kappa shape index (κ3) is 6.55. The lowest BCUT2D eigenvalue weighted by Gasteiger charge is -2.35. The van der Waals surface area contributed by atoms with Crippen LogP contribution in [0.25, 0.3) is 22.0 Å². The smallest absolute Gasteiger partial charge is 0.303 e. The van der Waals surface area contributed by atoms with Gasteiger partial charge in [-0.05, 0) is 34.5 Å². The SMILES string of the molecule is CC(=O)OC[C@H]1OC=C(/C=C(\c2ccccc2)c2cn(-c3ccc4ccccc4c3)nn2)[C@@H](OC(C)=O)[C@@H]1OC(C)=O. The van der Waals surface area contributed by atoms with Crippen molar-refractivity contribution in [3.8, 4) is 5.69 Å². The van der Waals surface area contributed by atoms with Crippen LogP contribution < -0.4 is 0 Å². The molecule has 1 aliphatic rings. The van der Waals surface area contributed by atoms with Crippen molar-refractivity contribution in [2.24, 2.45) is 0 Å². The number of ether oxygens (including phenoxy) is 4. The van der Waals surface area contributed by atoms with E-state index in [0.29, 0.717) is 16.8 Å². The van der Waals surface area contributed by atoms with E-state index in [1.807, 2.05) is 72.8 Å². The van der Waals surface area contributed by atoms with E-state index >= 15 is 0 Å². The lowest BCUT2D eigenvalue weighted by Crippen LogP contribution is -2.49. The van der Waals surface area contributed by atoms with Gasteiger partial charge in [-0.15, -0.1) is 5.10 Å². The largest absolute Gasteiger partial charge is 0.490 e. The highest BCUT2D eigenvalue weighted by molar-refractivity contribution is 5.84. The molecule has 3 atom stereocenters. The second kappa shape index (κ2) is 12.5. The molecule has 0 spiro atoms. The highest BCUT2D eigenvalue weighted by Gasteiger charge is 2.42. The van der Waals surface area contributed by atoms with Gasteiger partial charge in [-0.3, -0.25) is 14.4 Å². The summed E-state index contributed by atoms with van der Waals surface area (Å²) in [5.41, 5.74) is 3.27. The fraction of sp³-hybridized carbons (Fsp3) is 0.219.